The third kappa shape index (κ3) is 2.23. The average molecular weight is 214 g/mol. The van der Waals surface area contributed by atoms with Crippen molar-refractivity contribution in [3.63, 3.8) is 0 Å². The Morgan fingerprint density at radius 3 is 2.79 bits per heavy atom. The Morgan fingerprint density at radius 2 is 2.21 bits per heavy atom. The van der Waals surface area contributed by atoms with Crippen molar-refractivity contribution in [3.05, 3.63) is 0 Å². The number of amides is 1. The van der Waals surface area contributed by atoms with Gasteiger partial charge in [0.15, 0.2) is 0 Å². The van der Waals surface area contributed by atoms with E-state index in [4.69, 9.17) is 5.73 Å². The van der Waals surface area contributed by atoms with Crippen LogP contribution >= 0.6 is 11.8 Å². The number of nitrogens with zero attached hydrogens (tertiary/aromatic N) is 1. The highest BCUT2D eigenvalue weighted by atomic mass is 32.2. The van der Waals surface area contributed by atoms with Crippen LogP contribution in [0.25, 0.3) is 0 Å². The summed E-state index contributed by atoms with van der Waals surface area (Å²) in [7, 11) is 0. The summed E-state index contributed by atoms with van der Waals surface area (Å²) in [5.74, 6) is 1.48. The van der Waals surface area contributed by atoms with E-state index in [9.17, 15) is 4.79 Å². The molecule has 0 aromatic carbocycles. The number of carbonyl (C=O) groups excluding carboxylic acids is 1. The minimum atomic E-state index is 0.215. The van der Waals surface area contributed by atoms with Crippen molar-refractivity contribution < 1.29 is 4.79 Å². The molecule has 0 aromatic heterocycles. The number of thioether (sulfide) groups is 1. The summed E-state index contributed by atoms with van der Waals surface area (Å²) in [6.45, 7) is 1.65. The van der Waals surface area contributed by atoms with E-state index in [0.29, 0.717) is 5.91 Å². The molecule has 0 aromatic rings. The van der Waals surface area contributed by atoms with Gasteiger partial charge >= 0.3 is 0 Å². The van der Waals surface area contributed by atoms with Gasteiger partial charge in [-0.1, -0.05) is 6.42 Å². The van der Waals surface area contributed by atoms with Crippen molar-refractivity contribution in [2.75, 3.05) is 18.8 Å². The maximum Gasteiger partial charge on any atom is 0.235 e. The molecule has 2 saturated heterocycles. The van der Waals surface area contributed by atoms with Gasteiger partial charge in [-0.05, 0) is 25.0 Å². The Bertz CT molecular complexity index is 209. The quantitative estimate of drug-likeness (QED) is 0.703. The Hall–Kier alpha value is -0.220. The Morgan fingerprint density at radius 1 is 1.36 bits per heavy atom. The largest absolute Gasteiger partial charge is 0.340 e. The lowest BCUT2D eigenvalue weighted by atomic mass is 10.2. The highest BCUT2D eigenvalue weighted by molar-refractivity contribution is 8.00. The molecule has 0 saturated carbocycles. The molecule has 1 amide bonds. The molecular formula is C10H18N2OS. The van der Waals surface area contributed by atoms with Crippen molar-refractivity contribution in [2.24, 2.45) is 5.73 Å². The molecule has 0 bridgehead atoms. The van der Waals surface area contributed by atoms with E-state index in [2.05, 4.69) is 0 Å². The molecule has 2 fully saturated rings. The van der Waals surface area contributed by atoms with Crippen molar-refractivity contribution in [1.29, 1.82) is 0 Å². The number of hydrogen-bond acceptors (Lipinski definition) is 3. The Balaban J connectivity index is 1.87. The summed E-state index contributed by atoms with van der Waals surface area (Å²) in [5, 5.41) is 0.231. The third-order valence-electron chi connectivity index (χ3n) is 2.99. The zero-order chi connectivity index (χ0) is 9.97. The fourth-order valence-electron chi connectivity index (χ4n) is 2.13. The molecule has 2 atom stereocenters. The lowest BCUT2D eigenvalue weighted by molar-refractivity contribution is -0.129. The van der Waals surface area contributed by atoms with Gasteiger partial charge in [-0.15, -0.1) is 11.8 Å². The van der Waals surface area contributed by atoms with Gasteiger partial charge < -0.3 is 10.6 Å². The molecule has 2 heterocycles. The van der Waals surface area contributed by atoms with Crippen molar-refractivity contribution in [2.45, 2.75) is 37.0 Å². The fourth-order valence-corrected chi connectivity index (χ4v) is 3.41. The molecule has 0 radical (unpaired) electrons. The van der Waals surface area contributed by atoms with Gasteiger partial charge in [0.2, 0.25) is 5.91 Å². The fraction of sp³-hybridized carbons (Fsp3) is 0.900. The summed E-state index contributed by atoms with van der Waals surface area (Å²) >= 11 is 1.83. The van der Waals surface area contributed by atoms with Gasteiger partial charge in [-0.25, -0.2) is 0 Å². The Kier molecular flexibility index (Phi) is 3.34. The summed E-state index contributed by atoms with van der Waals surface area (Å²) < 4.78 is 0. The molecule has 14 heavy (non-hydrogen) atoms. The molecule has 0 spiro atoms. The van der Waals surface area contributed by atoms with Crippen LogP contribution in [-0.2, 0) is 4.79 Å². The van der Waals surface area contributed by atoms with Crippen LogP contribution in [0, 0.1) is 0 Å². The summed E-state index contributed by atoms with van der Waals surface area (Å²) in [5.41, 5.74) is 5.79. The van der Waals surface area contributed by atoms with E-state index in [0.717, 1.165) is 31.7 Å². The number of nitrogens with two attached hydrogens (primary N) is 1. The number of hydrogen-bond donors (Lipinski definition) is 1. The first-order chi connectivity index (χ1) is 6.77. The van der Waals surface area contributed by atoms with E-state index in [1.807, 2.05) is 16.7 Å². The second kappa shape index (κ2) is 4.53. The molecule has 80 valence electrons. The van der Waals surface area contributed by atoms with Gasteiger partial charge in [0.25, 0.3) is 0 Å². The van der Waals surface area contributed by atoms with Crippen LogP contribution in [0.4, 0.5) is 0 Å². The highest BCUT2D eigenvalue weighted by Gasteiger charge is 2.30. The zero-order valence-corrected chi connectivity index (χ0v) is 9.26. The minimum Gasteiger partial charge on any atom is -0.340 e. The first-order valence-corrected chi connectivity index (χ1v) is 6.48. The van der Waals surface area contributed by atoms with E-state index in [1.165, 1.54) is 12.8 Å². The van der Waals surface area contributed by atoms with Crippen LogP contribution in [-0.4, -0.2) is 40.9 Å². The smallest absolute Gasteiger partial charge is 0.235 e. The topological polar surface area (TPSA) is 46.3 Å². The van der Waals surface area contributed by atoms with Gasteiger partial charge in [0, 0.05) is 19.1 Å². The van der Waals surface area contributed by atoms with Gasteiger partial charge in [-0.2, -0.15) is 0 Å². The van der Waals surface area contributed by atoms with Crippen LogP contribution < -0.4 is 5.73 Å². The molecule has 2 aliphatic heterocycles. The molecule has 2 N–H and O–H groups in total. The molecule has 3 nitrogen and oxygen atoms in total. The first kappa shape index (κ1) is 10.3. The second-order valence-electron chi connectivity index (χ2n) is 4.19. The van der Waals surface area contributed by atoms with Gasteiger partial charge in [0.05, 0.1) is 5.25 Å². The van der Waals surface area contributed by atoms with Crippen LogP contribution in [0.15, 0.2) is 0 Å². The molecule has 2 aliphatic rings. The van der Waals surface area contributed by atoms with Crippen LogP contribution in [0.5, 0.6) is 0 Å². The van der Waals surface area contributed by atoms with Crippen molar-refractivity contribution in [1.82, 2.24) is 4.90 Å². The minimum absolute atomic E-state index is 0.215. The standard InChI is InChI=1S/C10H18N2OS/c11-8-4-5-12(7-8)10(13)9-3-1-2-6-14-9/h8-9H,1-7,11H2/t8-,9?/m1/s1. The second-order valence-corrected chi connectivity index (χ2v) is 5.50. The monoisotopic (exact) mass is 214 g/mol. The Labute approximate surface area is 89.4 Å². The van der Waals surface area contributed by atoms with Crippen molar-refractivity contribution in [3.8, 4) is 0 Å². The van der Waals surface area contributed by atoms with Gasteiger partial charge in [-0.3, -0.25) is 4.79 Å². The first-order valence-electron chi connectivity index (χ1n) is 5.43. The average Bonchev–Trinajstić information content (AvgIpc) is 2.65. The normalized spacial score (nSPS) is 33.4. The predicted molar refractivity (Wildman–Crippen MR) is 59.3 cm³/mol. The number of rotatable bonds is 1. The van der Waals surface area contributed by atoms with E-state index in [1.54, 1.807) is 0 Å². The molecule has 0 aliphatic carbocycles. The lowest BCUT2D eigenvalue weighted by Crippen LogP contribution is -2.38. The molecule has 2 rings (SSSR count). The maximum atomic E-state index is 12.0. The lowest BCUT2D eigenvalue weighted by Gasteiger charge is -2.25. The van der Waals surface area contributed by atoms with Crippen molar-refractivity contribution >= 4 is 17.7 Å². The summed E-state index contributed by atoms with van der Waals surface area (Å²) in [6, 6.07) is 0.215. The highest BCUT2D eigenvalue weighted by Crippen LogP contribution is 2.27. The third-order valence-corrected chi connectivity index (χ3v) is 4.36. The molecule has 4 heteroatoms. The molecule has 1 unspecified atom stereocenters. The zero-order valence-electron chi connectivity index (χ0n) is 8.45. The maximum absolute atomic E-state index is 12.0. The predicted octanol–water partition coefficient (Wildman–Crippen LogP) is 0.832. The number of carbonyl (C=O) groups is 1. The van der Waals surface area contributed by atoms with E-state index >= 15 is 0 Å². The number of likely N-dealkylation sites (tertiary alicyclic amines) is 1. The van der Waals surface area contributed by atoms with Crippen LogP contribution in [0.2, 0.25) is 0 Å². The van der Waals surface area contributed by atoms with E-state index in [-0.39, 0.29) is 11.3 Å². The molecular weight excluding hydrogens is 196 g/mol. The summed E-state index contributed by atoms with van der Waals surface area (Å²) in [6.07, 6.45) is 4.52. The van der Waals surface area contributed by atoms with E-state index < -0.39 is 0 Å². The van der Waals surface area contributed by atoms with Crippen LogP contribution in [0.1, 0.15) is 25.7 Å². The summed E-state index contributed by atoms with van der Waals surface area (Å²) in [4.78, 5) is 13.9. The SMILES string of the molecule is N[C@@H]1CCN(C(=O)C2CCCCS2)C1. The van der Waals surface area contributed by atoms with Gasteiger partial charge in [0.1, 0.15) is 0 Å². The van der Waals surface area contributed by atoms with Crippen LogP contribution in [0.3, 0.4) is 0 Å².